The number of H-pyrrole nitrogens is 1. The van der Waals surface area contributed by atoms with Gasteiger partial charge in [-0.05, 0) is 25.0 Å². The zero-order chi connectivity index (χ0) is 15.4. The van der Waals surface area contributed by atoms with Crippen molar-refractivity contribution in [3.8, 4) is 0 Å². The van der Waals surface area contributed by atoms with Gasteiger partial charge in [-0.25, -0.2) is 0 Å². The van der Waals surface area contributed by atoms with Gasteiger partial charge in [-0.1, -0.05) is 13.8 Å². The number of aromatic nitrogens is 3. The summed E-state index contributed by atoms with van der Waals surface area (Å²) < 4.78 is 0. The van der Waals surface area contributed by atoms with Gasteiger partial charge >= 0.3 is 0 Å². The van der Waals surface area contributed by atoms with Crippen molar-refractivity contribution < 1.29 is 4.79 Å². The van der Waals surface area contributed by atoms with E-state index >= 15 is 0 Å². The van der Waals surface area contributed by atoms with Crippen LogP contribution in [0.2, 0.25) is 0 Å². The Morgan fingerprint density at radius 2 is 2.05 bits per heavy atom. The lowest BCUT2D eigenvalue weighted by Gasteiger charge is -2.07. The number of hydrogen-bond acceptors (Lipinski definition) is 4. The van der Waals surface area contributed by atoms with E-state index in [9.17, 15) is 9.59 Å². The Bertz CT molecular complexity index is 690. The van der Waals surface area contributed by atoms with Crippen LogP contribution >= 0.6 is 0 Å². The molecule has 0 aliphatic carbocycles. The molecule has 0 aliphatic rings. The first-order valence-corrected chi connectivity index (χ1v) is 6.76. The zero-order valence-corrected chi connectivity index (χ0v) is 12.3. The Hall–Kier alpha value is -2.50. The van der Waals surface area contributed by atoms with Crippen molar-refractivity contribution in [2.24, 2.45) is 0 Å². The van der Waals surface area contributed by atoms with Crippen LogP contribution in [-0.4, -0.2) is 20.9 Å². The van der Waals surface area contributed by atoms with E-state index in [0.717, 1.165) is 11.4 Å². The first-order chi connectivity index (χ1) is 9.97. The summed E-state index contributed by atoms with van der Waals surface area (Å²) >= 11 is 0. The van der Waals surface area contributed by atoms with Crippen molar-refractivity contribution in [1.29, 1.82) is 0 Å². The molecular weight excluding hydrogens is 268 g/mol. The molecule has 6 heteroatoms. The van der Waals surface area contributed by atoms with E-state index in [0.29, 0.717) is 5.69 Å². The minimum absolute atomic E-state index is 0.0967. The number of pyridine rings is 1. The highest BCUT2D eigenvalue weighted by molar-refractivity contribution is 5.93. The van der Waals surface area contributed by atoms with Gasteiger partial charge in [0.25, 0.3) is 11.5 Å². The van der Waals surface area contributed by atoms with Crippen molar-refractivity contribution in [3.05, 3.63) is 57.5 Å². The average molecular weight is 286 g/mol. The van der Waals surface area contributed by atoms with Crippen LogP contribution in [0.5, 0.6) is 0 Å². The molecule has 0 bridgehead atoms. The molecule has 2 aromatic rings. The summed E-state index contributed by atoms with van der Waals surface area (Å²) in [5, 5.41) is 2.66. The third-order valence-corrected chi connectivity index (χ3v) is 3.06. The molecule has 0 radical (unpaired) electrons. The van der Waals surface area contributed by atoms with E-state index in [2.05, 4.69) is 20.3 Å². The predicted octanol–water partition coefficient (Wildman–Crippen LogP) is 1.53. The summed E-state index contributed by atoms with van der Waals surface area (Å²) in [5.74, 6) is -0.216. The first-order valence-electron chi connectivity index (χ1n) is 6.76. The number of nitrogens with one attached hydrogen (secondary N) is 2. The molecule has 0 unspecified atom stereocenters. The normalized spacial score (nSPS) is 10.7. The Kier molecular flexibility index (Phi) is 4.47. The van der Waals surface area contributed by atoms with Gasteiger partial charge in [-0.3, -0.25) is 19.6 Å². The number of hydrogen-bond donors (Lipinski definition) is 2. The summed E-state index contributed by atoms with van der Waals surface area (Å²) in [6.07, 6.45) is 3.23. The smallest absolute Gasteiger partial charge is 0.261 e. The molecule has 0 atom stereocenters. The van der Waals surface area contributed by atoms with Crippen molar-refractivity contribution in [2.75, 3.05) is 0 Å². The quantitative estimate of drug-likeness (QED) is 0.892. The summed E-state index contributed by atoms with van der Waals surface area (Å²) in [4.78, 5) is 34.9. The molecule has 0 fully saturated rings. The van der Waals surface area contributed by atoms with E-state index in [1.165, 1.54) is 0 Å². The molecule has 6 nitrogen and oxygen atoms in total. The van der Waals surface area contributed by atoms with E-state index in [1.54, 1.807) is 24.5 Å². The Balaban J connectivity index is 2.07. The van der Waals surface area contributed by atoms with Crippen LogP contribution in [0.1, 0.15) is 47.2 Å². The molecule has 110 valence electrons. The summed E-state index contributed by atoms with van der Waals surface area (Å²) in [6.45, 7) is 6.02. The highest BCUT2D eigenvalue weighted by Gasteiger charge is 2.11. The predicted molar refractivity (Wildman–Crippen MR) is 79.1 cm³/mol. The molecule has 0 saturated heterocycles. The van der Waals surface area contributed by atoms with Gasteiger partial charge in [0.05, 0.1) is 24.1 Å². The van der Waals surface area contributed by atoms with Gasteiger partial charge in [0, 0.05) is 11.9 Å². The second-order valence-corrected chi connectivity index (χ2v) is 5.14. The summed E-state index contributed by atoms with van der Waals surface area (Å²) in [5.41, 5.74) is 1.98. The Morgan fingerprint density at radius 1 is 1.29 bits per heavy atom. The second kappa shape index (κ2) is 6.30. The molecule has 21 heavy (non-hydrogen) atoms. The van der Waals surface area contributed by atoms with Gasteiger partial charge in [-0.15, -0.1) is 0 Å². The maximum absolute atomic E-state index is 12.0. The monoisotopic (exact) mass is 286 g/mol. The van der Waals surface area contributed by atoms with Crippen LogP contribution in [0.3, 0.4) is 0 Å². The number of aromatic amines is 1. The summed E-state index contributed by atoms with van der Waals surface area (Å²) in [6, 6.07) is 3.30. The Labute approximate surface area is 122 Å². The van der Waals surface area contributed by atoms with Gasteiger partial charge < -0.3 is 10.3 Å². The molecule has 0 aromatic carbocycles. The molecule has 1 amide bonds. The number of rotatable bonds is 4. The van der Waals surface area contributed by atoms with Crippen molar-refractivity contribution in [2.45, 2.75) is 33.2 Å². The Morgan fingerprint density at radius 3 is 2.62 bits per heavy atom. The fourth-order valence-electron chi connectivity index (χ4n) is 1.78. The fraction of sp³-hybridized carbons (Fsp3) is 0.333. The van der Waals surface area contributed by atoms with Crippen LogP contribution in [0, 0.1) is 6.92 Å². The van der Waals surface area contributed by atoms with E-state index in [-0.39, 0.29) is 23.6 Å². The number of carbonyl (C=O) groups is 1. The standard InChI is InChI=1S/C15H18N4O2/c1-9(2)13-5-4-12(15(21)19-13)14(20)18-8-11-7-16-10(3)6-17-11/h4-7,9H,8H2,1-3H3,(H,18,20)(H,19,21). The summed E-state index contributed by atoms with van der Waals surface area (Å²) in [7, 11) is 0. The number of aryl methyl sites for hydroxylation is 1. The molecule has 2 N–H and O–H groups in total. The maximum Gasteiger partial charge on any atom is 0.261 e. The SMILES string of the molecule is Cc1cnc(CNC(=O)c2ccc(C(C)C)[nH]c2=O)cn1. The van der Waals surface area contributed by atoms with Crippen molar-refractivity contribution in [3.63, 3.8) is 0 Å². The molecule has 0 spiro atoms. The van der Waals surface area contributed by atoms with Crippen molar-refractivity contribution >= 4 is 5.91 Å². The molecule has 2 rings (SSSR count). The number of carbonyl (C=O) groups excluding carboxylic acids is 1. The van der Waals surface area contributed by atoms with E-state index < -0.39 is 5.91 Å². The maximum atomic E-state index is 12.0. The lowest BCUT2D eigenvalue weighted by Crippen LogP contribution is -2.30. The minimum atomic E-state index is -0.422. The van der Waals surface area contributed by atoms with Crippen LogP contribution in [-0.2, 0) is 6.54 Å². The van der Waals surface area contributed by atoms with E-state index in [4.69, 9.17) is 0 Å². The fourth-order valence-corrected chi connectivity index (χ4v) is 1.78. The second-order valence-electron chi connectivity index (χ2n) is 5.14. The van der Waals surface area contributed by atoms with Crippen molar-refractivity contribution in [1.82, 2.24) is 20.3 Å². The third-order valence-electron chi connectivity index (χ3n) is 3.06. The van der Waals surface area contributed by atoms with Gasteiger partial charge in [0.2, 0.25) is 0 Å². The molecule has 2 heterocycles. The van der Waals surface area contributed by atoms with Crippen LogP contribution in [0.4, 0.5) is 0 Å². The lowest BCUT2D eigenvalue weighted by atomic mass is 10.1. The molecular formula is C15H18N4O2. The van der Waals surface area contributed by atoms with Gasteiger partial charge in [0.1, 0.15) is 5.56 Å². The van der Waals surface area contributed by atoms with Crippen LogP contribution in [0.25, 0.3) is 0 Å². The van der Waals surface area contributed by atoms with Gasteiger partial charge in [0.15, 0.2) is 0 Å². The number of amides is 1. The first kappa shape index (κ1) is 14.9. The average Bonchev–Trinajstić information content (AvgIpc) is 2.46. The van der Waals surface area contributed by atoms with Gasteiger partial charge in [-0.2, -0.15) is 0 Å². The van der Waals surface area contributed by atoms with Crippen LogP contribution in [0.15, 0.2) is 29.3 Å². The molecule has 0 saturated carbocycles. The highest BCUT2D eigenvalue weighted by atomic mass is 16.2. The zero-order valence-electron chi connectivity index (χ0n) is 12.3. The van der Waals surface area contributed by atoms with E-state index in [1.807, 2.05) is 20.8 Å². The lowest BCUT2D eigenvalue weighted by molar-refractivity contribution is 0.0949. The minimum Gasteiger partial charge on any atom is -0.346 e. The number of nitrogens with zero attached hydrogens (tertiary/aromatic N) is 2. The topological polar surface area (TPSA) is 87.7 Å². The highest BCUT2D eigenvalue weighted by Crippen LogP contribution is 2.09. The van der Waals surface area contributed by atoms with Crippen LogP contribution < -0.4 is 10.9 Å². The largest absolute Gasteiger partial charge is 0.346 e. The molecule has 0 aliphatic heterocycles. The molecule has 2 aromatic heterocycles. The third kappa shape index (κ3) is 3.75.